The van der Waals surface area contributed by atoms with E-state index in [-0.39, 0.29) is 32.6 Å². The van der Waals surface area contributed by atoms with Crippen LogP contribution in [0.2, 0.25) is 5.02 Å². The Morgan fingerprint density at radius 2 is 1.96 bits per heavy atom. The number of phenols is 1. The van der Waals surface area contributed by atoms with Gasteiger partial charge in [0.25, 0.3) is 11.5 Å². The van der Waals surface area contributed by atoms with Gasteiger partial charge in [0.2, 0.25) is 5.88 Å². The molecule has 138 valence electrons. The van der Waals surface area contributed by atoms with E-state index in [9.17, 15) is 19.8 Å². The summed E-state index contributed by atoms with van der Waals surface area (Å²) in [5.74, 6) is -1.33. The number of benzene rings is 1. The van der Waals surface area contributed by atoms with E-state index in [4.69, 9.17) is 23.8 Å². The molecule has 0 unspecified atom stereocenters. The zero-order chi connectivity index (χ0) is 19.4. The van der Waals surface area contributed by atoms with Crippen LogP contribution >= 0.6 is 23.8 Å². The number of amides is 1. The van der Waals surface area contributed by atoms with Gasteiger partial charge < -0.3 is 10.2 Å². The highest BCUT2D eigenvalue weighted by Gasteiger charge is 2.15. The molecule has 0 saturated heterocycles. The second kappa shape index (κ2) is 8.15. The largest absolute Gasteiger partial charge is 0.507 e. The molecule has 1 amide bonds. The topological polar surface area (TPSA) is 109 Å². The molecule has 0 atom stereocenters. The lowest BCUT2D eigenvalue weighted by atomic mass is 10.2. The summed E-state index contributed by atoms with van der Waals surface area (Å²) in [6.45, 7) is 4.19. The van der Waals surface area contributed by atoms with Crippen molar-refractivity contribution in [2.24, 2.45) is 5.10 Å². The number of hydrazone groups is 1. The predicted molar refractivity (Wildman–Crippen MR) is 101 cm³/mol. The van der Waals surface area contributed by atoms with Gasteiger partial charge in [0.1, 0.15) is 11.3 Å². The number of aromatic hydroxyl groups is 2. The minimum Gasteiger partial charge on any atom is -0.507 e. The van der Waals surface area contributed by atoms with E-state index in [0.717, 1.165) is 6.21 Å². The van der Waals surface area contributed by atoms with Crippen molar-refractivity contribution < 1.29 is 15.0 Å². The van der Waals surface area contributed by atoms with E-state index < -0.39 is 11.5 Å². The fourth-order valence-electron chi connectivity index (χ4n) is 2.29. The second-order valence-electron chi connectivity index (χ2n) is 5.17. The van der Waals surface area contributed by atoms with Gasteiger partial charge in [0, 0.05) is 18.1 Å². The minimum atomic E-state index is -0.722. The highest BCUT2D eigenvalue weighted by Crippen LogP contribution is 2.21. The van der Waals surface area contributed by atoms with Crippen molar-refractivity contribution in [2.45, 2.75) is 26.9 Å². The molecule has 1 aromatic carbocycles. The molecule has 0 spiro atoms. The molecule has 3 N–H and O–H groups in total. The number of phenolic OH excluding ortho intramolecular Hbond substituents is 1. The molecule has 0 saturated carbocycles. The Kier molecular flexibility index (Phi) is 6.17. The van der Waals surface area contributed by atoms with Crippen LogP contribution in [-0.4, -0.2) is 31.5 Å². The average Bonchev–Trinajstić information content (AvgIpc) is 2.60. The quantitative estimate of drug-likeness (QED) is 0.408. The number of hydrogen-bond acceptors (Lipinski definition) is 6. The van der Waals surface area contributed by atoms with E-state index in [2.05, 4.69) is 10.5 Å². The second-order valence-corrected chi connectivity index (χ2v) is 5.98. The zero-order valence-electron chi connectivity index (χ0n) is 14.1. The highest BCUT2D eigenvalue weighted by molar-refractivity contribution is 7.71. The Bertz CT molecular complexity index is 997. The van der Waals surface area contributed by atoms with Gasteiger partial charge in [-0.2, -0.15) is 5.10 Å². The smallest absolute Gasteiger partial charge is 0.275 e. The van der Waals surface area contributed by atoms with Crippen molar-refractivity contribution in [3.8, 4) is 11.6 Å². The van der Waals surface area contributed by atoms with Crippen molar-refractivity contribution >= 4 is 35.9 Å². The van der Waals surface area contributed by atoms with Crippen LogP contribution in [-0.2, 0) is 13.1 Å². The number of halogens is 1. The Labute approximate surface area is 159 Å². The summed E-state index contributed by atoms with van der Waals surface area (Å²) < 4.78 is 2.89. The van der Waals surface area contributed by atoms with Gasteiger partial charge in [0.15, 0.2) is 4.77 Å². The first-order valence-corrected chi connectivity index (χ1v) is 8.48. The lowest BCUT2D eigenvalue weighted by Gasteiger charge is -2.13. The Morgan fingerprint density at radius 3 is 2.58 bits per heavy atom. The van der Waals surface area contributed by atoms with Gasteiger partial charge in [0.05, 0.1) is 11.8 Å². The molecule has 10 heteroatoms. The Balaban J connectivity index is 2.37. The Hall–Kier alpha value is -2.65. The van der Waals surface area contributed by atoms with Crippen LogP contribution in [0.5, 0.6) is 11.6 Å². The maximum atomic E-state index is 12.4. The normalized spacial score (nSPS) is 11.0. The first kappa shape index (κ1) is 19.7. The molecular weight excluding hydrogens is 380 g/mol. The molecule has 0 fully saturated rings. The van der Waals surface area contributed by atoms with Gasteiger partial charge >= 0.3 is 0 Å². The summed E-state index contributed by atoms with van der Waals surface area (Å²) in [7, 11) is 0. The summed E-state index contributed by atoms with van der Waals surface area (Å²) in [4.78, 5) is 24.5. The van der Waals surface area contributed by atoms with E-state index in [0.29, 0.717) is 13.1 Å². The van der Waals surface area contributed by atoms with Gasteiger partial charge in [-0.15, -0.1) is 0 Å². The molecule has 0 radical (unpaired) electrons. The lowest BCUT2D eigenvalue weighted by Crippen LogP contribution is -2.28. The van der Waals surface area contributed by atoms with Crippen LogP contribution in [0.15, 0.2) is 28.1 Å². The number of aromatic nitrogens is 2. The average molecular weight is 397 g/mol. The summed E-state index contributed by atoms with van der Waals surface area (Å²) in [6, 6.07) is 3.99. The molecule has 0 aliphatic carbocycles. The van der Waals surface area contributed by atoms with Crippen LogP contribution in [0, 0.1) is 4.77 Å². The van der Waals surface area contributed by atoms with Crippen LogP contribution < -0.4 is 11.0 Å². The summed E-state index contributed by atoms with van der Waals surface area (Å²) in [5.41, 5.74) is 1.46. The van der Waals surface area contributed by atoms with Crippen molar-refractivity contribution in [1.82, 2.24) is 14.6 Å². The zero-order valence-corrected chi connectivity index (χ0v) is 15.6. The van der Waals surface area contributed by atoms with E-state index in [1.807, 2.05) is 0 Å². The lowest BCUT2D eigenvalue weighted by molar-refractivity contribution is 0.0952. The first-order valence-electron chi connectivity index (χ1n) is 7.70. The van der Waals surface area contributed by atoms with Crippen LogP contribution in [0.1, 0.15) is 29.8 Å². The molecule has 2 rings (SSSR count). The van der Waals surface area contributed by atoms with Crippen molar-refractivity contribution in [2.75, 3.05) is 0 Å². The number of rotatable bonds is 5. The third-order valence-corrected chi connectivity index (χ3v) is 4.31. The standard InChI is InChI=1S/C16H17ClN4O4S/c1-3-20-14(24)11(15(25)21(4-2)16(20)26)8-18-19-13(23)10-7-9(17)5-6-12(10)22/h5-8,22,24H,3-4H2,1-2H3,(H,19,23)/b18-8+. The van der Waals surface area contributed by atoms with E-state index in [1.54, 1.807) is 13.8 Å². The van der Waals surface area contributed by atoms with Gasteiger partial charge in [-0.25, -0.2) is 5.43 Å². The molecule has 8 nitrogen and oxygen atoms in total. The van der Waals surface area contributed by atoms with E-state index in [1.165, 1.54) is 27.3 Å². The van der Waals surface area contributed by atoms with Crippen LogP contribution in [0.25, 0.3) is 0 Å². The fourth-order valence-corrected chi connectivity index (χ4v) is 2.89. The molecule has 2 aromatic rings. The fraction of sp³-hybridized carbons (Fsp3) is 0.250. The molecule has 0 aliphatic rings. The van der Waals surface area contributed by atoms with Gasteiger partial charge in [-0.1, -0.05) is 11.6 Å². The molecule has 0 bridgehead atoms. The number of carbonyl (C=O) groups excluding carboxylic acids is 1. The number of nitrogens with one attached hydrogen (secondary N) is 1. The Morgan fingerprint density at radius 1 is 1.31 bits per heavy atom. The highest BCUT2D eigenvalue weighted by atomic mass is 35.5. The van der Waals surface area contributed by atoms with Gasteiger partial charge in [-0.3, -0.25) is 18.7 Å². The molecule has 0 aliphatic heterocycles. The maximum Gasteiger partial charge on any atom is 0.275 e. The first-order chi connectivity index (χ1) is 12.3. The van der Waals surface area contributed by atoms with Gasteiger partial charge in [-0.05, 0) is 44.3 Å². The van der Waals surface area contributed by atoms with Crippen LogP contribution in [0.4, 0.5) is 0 Å². The third kappa shape index (κ3) is 3.78. The van der Waals surface area contributed by atoms with Crippen molar-refractivity contribution in [1.29, 1.82) is 0 Å². The van der Waals surface area contributed by atoms with Crippen LogP contribution in [0.3, 0.4) is 0 Å². The molecule has 26 heavy (non-hydrogen) atoms. The third-order valence-electron chi connectivity index (χ3n) is 3.63. The van der Waals surface area contributed by atoms with E-state index >= 15 is 0 Å². The summed E-state index contributed by atoms with van der Waals surface area (Å²) in [6.07, 6.45) is 1.03. The number of carbonyl (C=O) groups is 1. The van der Waals surface area contributed by atoms with Crippen molar-refractivity contribution in [3.63, 3.8) is 0 Å². The maximum absolute atomic E-state index is 12.4. The summed E-state index contributed by atoms with van der Waals surface area (Å²) in [5, 5.41) is 23.9. The SMILES string of the molecule is CCn1c(O)c(/C=N/NC(=O)c2cc(Cl)ccc2O)c(=O)n(CC)c1=S. The monoisotopic (exact) mass is 396 g/mol. The predicted octanol–water partition coefficient (Wildman–Crippen LogP) is 2.25. The molecule has 1 heterocycles. The molecular formula is C16H17ClN4O4S. The molecule has 1 aromatic heterocycles. The number of nitrogens with zero attached hydrogens (tertiary/aromatic N) is 3. The minimum absolute atomic E-state index is 0.0747. The van der Waals surface area contributed by atoms with Crippen molar-refractivity contribution in [3.05, 3.63) is 49.5 Å². The summed E-state index contributed by atoms with van der Waals surface area (Å²) >= 11 is 11.0. The number of hydrogen-bond donors (Lipinski definition) is 3.